The van der Waals surface area contributed by atoms with Crippen LogP contribution in [0.25, 0.3) is 0 Å². The van der Waals surface area contributed by atoms with Gasteiger partial charge in [0.1, 0.15) is 5.54 Å². The van der Waals surface area contributed by atoms with Crippen molar-refractivity contribution in [1.82, 2.24) is 10.2 Å². The Morgan fingerprint density at radius 3 is 2.25 bits per heavy atom. The van der Waals surface area contributed by atoms with E-state index in [-0.39, 0.29) is 5.97 Å². The van der Waals surface area contributed by atoms with Crippen molar-refractivity contribution in [2.75, 3.05) is 32.8 Å². The predicted octanol–water partition coefficient (Wildman–Crippen LogP) is 1.26. The number of rotatable bonds is 8. The highest BCUT2D eigenvalue weighted by Crippen LogP contribution is 2.04. The number of carbonyl (C=O) groups excluding carboxylic acids is 1. The summed E-state index contributed by atoms with van der Waals surface area (Å²) in [7, 11) is 0. The summed E-state index contributed by atoms with van der Waals surface area (Å²) in [5.41, 5.74) is -0.594. The molecule has 16 heavy (non-hydrogen) atoms. The average molecular weight is 230 g/mol. The smallest absolute Gasteiger partial charge is 0.325 e. The number of hydrogen-bond donors (Lipinski definition) is 1. The third-order valence-electron chi connectivity index (χ3n) is 2.68. The first-order chi connectivity index (χ1) is 7.47. The highest BCUT2D eigenvalue weighted by atomic mass is 16.5. The Morgan fingerprint density at radius 2 is 1.81 bits per heavy atom. The molecule has 96 valence electrons. The van der Waals surface area contributed by atoms with Gasteiger partial charge in [-0.05, 0) is 33.9 Å². The molecule has 0 atom stereocenters. The summed E-state index contributed by atoms with van der Waals surface area (Å²) in [4.78, 5) is 13.9. The molecule has 0 bridgehead atoms. The fourth-order valence-corrected chi connectivity index (χ4v) is 1.45. The SMILES string of the molecule is CCOC(=O)C(C)(C)NCCN(CC)CC. The summed E-state index contributed by atoms with van der Waals surface area (Å²) < 4.78 is 5.00. The van der Waals surface area contributed by atoms with Crippen molar-refractivity contribution < 1.29 is 9.53 Å². The Morgan fingerprint density at radius 1 is 1.25 bits per heavy atom. The summed E-state index contributed by atoms with van der Waals surface area (Å²) >= 11 is 0. The van der Waals surface area contributed by atoms with Crippen molar-refractivity contribution in [3.63, 3.8) is 0 Å². The zero-order valence-electron chi connectivity index (χ0n) is 11.3. The van der Waals surface area contributed by atoms with Gasteiger partial charge in [-0.25, -0.2) is 0 Å². The normalized spacial score (nSPS) is 11.9. The number of nitrogens with zero attached hydrogens (tertiary/aromatic N) is 1. The van der Waals surface area contributed by atoms with Crippen LogP contribution in [0, 0.1) is 0 Å². The van der Waals surface area contributed by atoms with Crippen LogP contribution < -0.4 is 5.32 Å². The van der Waals surface area contributed by atoms with E-state index in [0.717, 1.165) is 26.2 Å². The molecule has 0 spiro atoms. The van der Waals surface area contributed by atoms with Crippen molar-refractivity contribution in [2.45, 2.75) is 40.2 Å². The highest BCUT2D eigenvalue weighted by Gasteiger charge is 2.28. The van der Waals surface area contributed by atoms with Crippen LogP contribution in [0.1, 0.15) is 34.6 Å². The van der Waals surface area contributed by atoms with Crippen LogP contribution in [0.4, 0.5) is 0 Å². The number of esters is 1. The Kier molecular flexibility index (Phi) is 7.34. The lowest BCUT2D eigenvalue weighted by Crippen LogP contribution is -2.50. The minimum absolute atomic E-state index is 0.186. The van der Waals surface area contributed by atoms with E-state index in [1.165, 1.54) is 0 Å². The highest BCUT2D eigenvalue weighted by molar-refractivity contribution is 5.79. The molecule has 0 radical (unpaired) electrons. The lowest BCUT2D eigenvalue weighted by atomic mass is 10.1. The van der Waals surface area contributed by atoms with Crippen molar-refractivity contribution in [1.29, 1.82) is 0 Å². The van der Waals surface area contributed by atoms with Gasteiger partial charge in [-0.15, -0.1) is 0 Å². The number of ether oxygens (including phenoxy) is 1. The molecule has 0 heterocycles. The number of likely N-dealkylation sites (N-methyl/N-ethyl adjacent to an activating group) is 1. The number of carbonyl (C=O) groups is 1. The van der Waals surface area contributed by atoms with Crippen molar-refractivity contribution in [3.05, 3.63) is 0 Å². The standard InChI is InChI=1S/C12H26N2O2/c1-6-14(7-2)10-9-13-12(4,5)11(15)16-8-3/h13H,6-10H2,1-5H3. The fourth-order valence-electron chi connectivity index (χ4n) is 1.45. The second-order valence-corrected chi connectivity index (χ2v) is 4.30. The van der Waals surface area contributed by atoms with E-state index in [9.17, 15) is 4.79 Å². The van der Waals surface area contributed by atoms with Crippen LogP contribution >= 0.6 is 0 Å². The summed E-state index contributed by atoms with van der Waals surface area (Å²) in [5.74, 6) is -0.186. The maximum absolute atomic E-state index is 11.6. The second kappa shape index (κ2) is 7.63. The van der Waals surface area contributed by atoms with Crippen molar-refractivity contribution in [2.24, 2.45) is 0 Å². The largest absolute Gasteiger partial charge is 0.465 e. The molecule has 0 aromatic carbocycles. The first-order valence-electron chi connectivity index (χ1n) is 6.12. The summed E-state index contributed by atoms with van der Waals surface area (Å²) in [6.45, 7) is 14.1. The van der Waals surface area contributed by atoms with Gasteiger partial charge in [0, 0.05) is 13.1 Å². The lowest BCUT2D eigenvalue weighted by Gasteiger charge is -2.26. The molecule has 0 rings (SSSR count). The molecule has 4 heteroatoms. The van der Waals surface area contributed by atoms with E-state index in [0.29, 0.717) is 6.61 Å². The van der Waals surface area contributed by atoms with Crippen LogP contribution in [-0.4, -0.2) is 49.2 Å². The monoisotopic (exact) mass is 230 g/mol. The third kappa shape index (κ3) is 5.47. The molecular weight excluding hydrogens is 204 g/mol. The van der Waals surface area contributed by atoms with E-state index < -0.39 is 5.54 Å². The van der Waals surface area contributed by atoms with Crippen molar-refractivity contribution >= 4 is 5.97 Å². The summed E-state index contributed by atoms with van der Waals surface area (Å²) in [6.07, 6.45) is 0. The zero-order valence-corrected chi connectivity index (χ0v) is 11.3. The van der Waals surface area contributed by atoms with E-state index in [1.807, 2.05) is 20.8 Å². The molecule has 0 unspecified atom stereocenters. The van der Waals surface area contributed by atoms with Gasteiger partial charge in [-0.3, -0.25) is 4.79 Å². The van der Waals surface area contributed by atoms with Crippen LogP contribution in [0.5, 0.6) is 0 Å². The number of nitrogens with one attached hydrogen (secondary N) is 1. The first-order valence-corrected chi connectivity index (χ1v) is 6.12. The molecule has 0 amide bonds. The molecule has 0 aromatic rings. The molecule has 1 N–H and O–H groups in total. The Labute approximate surface area is 99.3 Å². The quantitative estimate of drug-likeness (QED) is 0.637. The topological polar surface area (TPSA) is 41.6 Å². The molecular formula is C12H26N2O2. The van der Waals surface area contributed by atoms with Crippen LogP contribution in [0.3, 0.4) is 0 Å². The van der Waals surface area contributed by atoms with E-state index in [1.54, 1.807) is 0 Å². The summed E-state index contributed by atoms with van der Waals surface area (Å²) in [5, 5.41) is 3.23. The number of hydrogen-bond acceptors (Lipinski definition) is 4. The fraction of sp³-hybridized carbons (Fsp3) is 0.917. The maximum atomic E-state index is 11.6. The van der Waals surface area contributed by atoms with Crippen LogP contribution in [0.2, 0.25) is 0 Å². The second-order valence-electron chi connectivity index (χ2n) is 4.30. The zero-order chi connectivity index (χ0) is 12.6. The van der Waals surface area contributed by atoms with Crippen molar-refractivity contribution in [3.8, 4) is 0 Å². The molecule has 0 aliphatic heterocycles. The molecule has 0 saturated carbocycles. The van der Waals surface area contributed by atoms with Gasteiger partial charge in [-0.1, -0.05) is 13.8 Å². The average Bonchev–Trinajstić information content (AvgIpc) is 2.24. The molecule has 0 aliphatic rings. The van der Waals surface area contributed by atoms with Gasteiger partial charge in [0.15, 0.2) is 0 Å². The van der Waals surface area contributed by atoms with Gasteiger partial charge in [0.2, 0.25) is 0 Å². The van der Waals surface area contributed by atoms with Gasteiger partial charge in [-0.2, -0.15) is 0 Å². The molecule has 4 nitrogen and oxygen atoms in total. The third-order valence-corrected chi connectivity index (χ3v) is 2.68. The van der Waals surface area contributed by atoms with E-state index in [2.05, 4.69) is 24.1 Å². The van der Waals surface area contributed by atoms with Gasteiger partial charge in [0.05, 0.1) is 6.61 Å². The van der Waals surface area contributed by atoms with Gasteiger partial charge >= 0.3 is 5.97 Å². The first kappa shape index (κ1) is 15.4. The molecule has 0 fully saturated rings. The van der Waals surface area contributed by atoms with Gasteiger partial charge in [0.25, 0.3) is 0 Å². The minimum Gasteiger partial charge on any atom is -0.465 e. The maximum Gasteiger partial charge on any atom is 0.325 e. The van der Waals surface area contributed by atoms with E-state index >= 15 is 0 Å². The Bertz CT molecular complexity index is 201. The Balaban J connectivity index is 3.94. The van der Waals surface area contributed by atoms with Gasteiger partial charge < -0.3 is 15.0 Å². The van der Waals surface area contributed by atoms with Crippen LogP contribution in [-0.2, 0) is 9.53 Å². The molecule has 0 saturated heterocycles. The minimum atomic E-state index is -0.594. The molecule has 0 aromatic heterocycles. The van der Waals surface area contributed by atoms with Crippen LogP contribution in [0.15, 0.2) is 0 Å². The Hall–Kier alpha value is -0.610. The van der Waals surface area contributed by atoms with E-state index in [4.69, 9.17) is 4.74 Å². The summed E-state index contributed by atoms with van der Waals surface area (Å²) in [6, 6.07) is 0. The molecule has 0 aliphatic carbocycles. The predicted molar refractivity (Wildman–Crippen MR) is 66.5 cm³/mol. The lowest BCUT2D eigenvalue weighted by molar-refractivity contribution is -0.149.